The predicted molar refractivity (Wildman–Crippen MR) is 120 cm³/mol. The molecule has 1 N–H and O–H groups in total. The standard InChI is InChI=1S/C25H38O4/c1-8-10-20-15-22(26)21(14-13-19(4)12-9-11-18(2)3)23(16-20)29-17-25(5,6)24(27)28-7/h11,13,15-16,26H,8-10,12,14,17H2,1-7H3. The minimum Gasteiger partial charge on any atom is -0.508 e. The number of hydrogen-bond acceptors (Lipinski definition) is 4. The second-order valence-corrected chi connectivity index (χ2v) is 8.58. The molecule has 0 saturated heterocycles. The number of benzene rings is 1. The molecule has 29 heavy (non-hydrogen) atoms. The molecule has 0 spiro atoms. The predicted octanol–water partition coefficient (Wildman–Crippen LogP) is 6.16. The van der Waals surface area contributed by atoms with Crippen LogP contribution in [0.5, 0.6) is 11.5 Å². The van der Waals surface area contributed by atoms with Gasteiger partial charge in [-0.05, 0) is 78.0 Å². The largest absolute Gasteiger partial charge is 0.508 e. The van der Waals surface area contributed by atoms with Crippen molar-refractivity contribution in [2.45, 2.75) is 73.6 Å². The lowest BCUT2D eigenvalue weighted by atomic mass is 9.95. The first-order chi connectivity index (χ1) is 13.6. The molecule has 0 bridgehead atoms. The Kier molecular flexibility index (Phi) is 10.0. The number of methoxy groups -OCH3 is 1. The molecular formula is C25H38O4. The number of aromatic hydroxyl groups is 1. The maximum absolute atomic E-state index is 12.0. The summed E-state index contributed by atoms with van der Waals surface area (Å²) >= 11 is 0. The number of aryl methyl sites for hydroxylation is 1. The van der Waals surface area contributed by atoms with Crippen molar-refractivity contribution >= 4 is 5.97 Å². The first-order valence-corrected chi connectivity index (χ1v) is 10.5. The van der Waals surface area contributed by atoms with Crippen LogP contribution in [0.25, 0.3) is 0 Å². The topological polar surface area (TPSA) is 55.8 Å². The molecule has 4 nitrogen and oxygen atoms in total. The van der Waals surface area contributed by atoms with Crippen LogP contribution in [-0.2, 0) is 22.4 Å². The molecule has 1 aromatic carbocycles. The van der Waals surface area contributed by atoms with Crippen molar-refractivity contribution in [3.05, 3.63) is 46.6 Å². The SMILES string of the molecule is CCCc1cc(O)c(CC=C(C)CCC=C(C)C)c(OCC(C)(C)C(=O)OC)c1. The summed E-state index contributed by atoms with van der Waals surface area (Å²) in [5.74, 6) is 0.567. The third-order valence-electron chi connectivity index (χ3n) is 4.86. The summed E-state index contributed by atoms with van der Waals surface area (Å²) in [6.07, 6.45) is 8.82. The van der Waals surface area contributed by atoms with Crippen LogP contribution in [0.1, 0.15) is 71.9 Å². The van der Waals surface area contributed by atoms with Gasteiger partial charge in [-0.2, -0.15) is 0 Å². The highest BCUT2D eigenvalue weighted by atomic mass is 16.5. The molecular weight excluding hydrogens is 364 g/mol. The van der Waals surface area contributed by atoms with Gasteiger partial charge in [-0.1, -0.05) is 36.6 Å². The summed E-state index contributed by atoms with van der Waals surface area (Å²) in [5.41, 5.74) is 3.63. The van der Waals surface area contributed by atoms with Gasteiger partial charge in [0.25, 0.3) is 0 Å². The van der Waals surface area contributed by atoms with Gasteiger partial charge < -0.3 is 14.6 Å². The van der Waals surface area contributed by atoms with Crippen LogP contribution in [0.2, 0.25) is 0 Å². The zero-order chi connectivity index (χ0) is 22.0. The van der Waals surface area contributed by atoms with Crippen molar-refractivity contribution in [1.82, 2.24) is 0 Å². The highest BCUT2D eigenvalue weighted by Gasteiger charge is 2.30. The Morgan fingerprint density at radius 2 is 1.86 bits per heavy atom. The molecule has 1 rings (SSSR count). The number of phenolic OH excluding ortho intramolecular Hbond substituents is 1. The Balaban J connectivity index is 3.05. The van der Waals surface area contributed by atoms with Gasteiger partial charge in [0.1, 0.15) is 18.1 Å². The number of allylic oxidation sites excluding steroid dienone is 4. The number of hydrogen-bond donors (Lipinski definition) is 1. The fourth-order valence-corrected chi connectivity index (χ4v) is 3.01. The molecule has 0 aliphatic heterocycles. The van der Waals surface area contributed by atoms with Gasteiger partial charge in [-0.25, -0.2) is 0 Å². The van der Waals surface area contributed by atoms with E-state index in [9.17, 15) is 9.90 Å². The van der Waals surface area contributed by atoms with Crippen molar-refractivity contribution in [3.63, 3.8) is 0 Å². The Hall–Kier alpha value is -2.23. The van der Waals surface area contributed by atoms with E-state index < -0.39 is 5.41 Å². The van der Waals surface area contributed by atoms with E-state index in [1.807, 2.05) is 12.1 Å². The van der Waals surface area contributed by atoms with E-state index in [0.717, 1.165) is 36.8 Å². The average Bonchev–Trinajstić information content (AvgIpc) is 2.64. The molecule has 0 radical (unpaired) electrons. The van der Waals surface area contributed by atoms with Crippen molar-refractivity contribution in [2.75, 3.05) is 13.7 Å². The summed E-state index contributed by atoms with van der Waals surface area (Å²) in [6.45, 7) is 12.2. The first kappa shape index (κ1) is 24.8. The Labute approximate surface area is 176 Å². The van der Waals surface area contributed by atoms with Gasteiger partial charge in [0.05, 0.1) is 12.5 Å². The fourth-order valence-electron chi connectivity index (χ4n) is 3.01. The van der Waals surface area contributed by atoms with E-state index >= 15 is 0 Å². The van der Waals surface area contributed by atoms with Gasteiger partial charge in [0.15, 0.2) is 0 Å². The normalized spacial score (nSPS) is 11.9. The van der Waals surface area contributed by atoms with Crippen LogP contribution in [-0.4, -0.2) is 24.8 Å². The first-order valence-electron chi connectivity index (χ1n) is 10.5. The Morgan fingerprint density at radius 3 is 2.45 bits per heavy atom. The van der Waals surface area contributed by atoms with E-state index in [2.05, 4.69) is 39.8 Å². The van der Waals surface area contributed by atoms with Gasteiger partial charge in [-0.3, -0.25) is 4.79 Å². The highest BCUT2D eigenvalue weighted by molar-refractivity contribution is 5.75. The molecule has 0 unspecified atom stereocenters. The van der Waals surface area contributed by atoms with E-state index in [4.69, 9.17) is 9.47 Å². The second kappa shape index (κ2) is 11.7. The average molecular weight is 403 g/mol. The number of esters is 1. The Morgan fingerprint density at radius 1 is 1.17 bits per heavy atom. The molecule has 0 atom stereocenters. The molecule has 0 saturated carbocycles. The Bertz CT molecular complexity index is 737. The molecule has 1 aromatic rings. The summed E-state index contributed by atoms with van der Waals surface area (Å²) in [4.78, 5) is 12.0. The lowest BCUT2D eigenvalue weighted by Crippen LogP contribution is -2.32. The van der Waals surface area contributed by atoms with Crippen LogP contribution in [0.4, 0.5) is 0 Å². The fraction of sp³-hybridized carbons (Fsp3) is 0.560. The van der Waals surface area contributed by atoms with E-state index in [-0.39, 0.29) is 18.3 Å². The second-order valence-electron chi connectivity index (χ2n) is 8.58. The summed E-state index contributed by atoms with van der Waals surface area (Å²) in [5, 5.41) is 10.6. The number of ether oxygens (including phenoxy) is 2. The number of carbonyl (C=O) groups is 1. The zero-order valence-corrected chi connectivity index (χ0v) is 19.2. The van der Waals surface area contributed by atoms with E-state index in [0.29, 0.717) is 12.2 Å². The minimum absolute atomic E-state index is 0.185. The molecule has 0 fully saturated rings. The maximum Gasteiger partial charge on any atom is 0.314 e. The highest BCUT2D eigenvalue weighted by Crippen LogP contribution is 2.33. The smallest absolute Gasteiger partial charge is 0.314 e. The van der Waals surface area contributed by atoms with E-state index in [1.54, 1.807) is 13.8 Å². The number of rotatable bonds is 11. The van der Waals surface area contributed by atoms with Crippen molar-refractivity contribution in [3.8, 4) is 11.5 Å². The third-order valence-corrected chi connectivity index (χ3v) is 4.86. The van der Waals surface area contributed by atoms with Crippen LogP contribution >= 0.6 is 0 Å². The molecule has 4 heteroatoms. The monoisotopic (exact) mass is 402 g/mol. The van der Waals surface area contributed by atoms with Gasteiger partial charge in [-0.15, -0.1) is 0 Å². The van der Waals surface area contributed by atoms with Gasteiger partial charge in [0.2, 0.25) is 0 Å². The van der Waals surface area contributed by atoms with Crippen molar-refractivity contribution < 1.29 is 19.4 Å². The lowest BCUT2D eigenvalue weighted by molar-refractivity contribution is -0.152. The zero-order valence-electron chi connectivity index (χ0n) is 19.2. The van der Waals surface area contributed by atoms with Crippen molar-refractivity contribution in [1.29, 1.82) is 0 Å². The lowest BCUT2D eigenvalue weighted by Gasteiger charge is -2.23. The van der Waals surface area contributed by atoms with Gasteiger partial charge >= 0.3 is 5.97 Å². The maximum atomic E-state index is 12.0. The minimum atomic E-state index is -0.765. The third kappa shape index (κ3) is 8.35. The molecule has 0 aromatic heterocycles. The summed E-state index contributed by atoms with van der Waals surface area (Å²) in [7, 11) is 1.38. The summed E-state index contributed by atoms with van der Waals surface area (Å²) < 4.78 is 10.9. The molecule has 0 aliphatic rings. The van der Waals surface area contributed by atoms with E-state index in [1.165, 1.54) is 18.3 Å². The van der Waals surface area contributed by atoms with Crippen LogP contribution in [0, 0.1) is 5.41 Å². The summed E-state index contributed by atoms with van der Waals surface area (Å²) in [6, 6.07) is 3.81. The quantitative estimate of drug-likeness (QED) is 0.356. The number of phenols is 1. The number of carbonyl (C=O) groups excluding carboxylic acids is 1. The molecule has 0 amide bonds. The molecule has 162 valence electrons. The molecule has 0 aliphatic carbocycles. The molecule has 0 heterocycles. The van der Waals surface area contributed by atoms with Crippen LogP contribution in [0.15, 0.2) is 35.4 Å². The van der Waals surface area contributed by atoms with Crippen molar-refractivity contribution in [2.24, 2.45) is 5.41 Å². The van der Waals surface area contributed by atoms with Crippen LogP contribution in [0.3, 0.4) is 0 Å². The van der Waals surface area contributed by atoms with Crippen LogP contribution < -0.4 is 4.74 Å². The van der Waals surface area contributed by atoms with Gasteiger partial charge in [0, 0.05) is 5.56 Å².